The molecule has 0 aliphatic carbocycles. The van der Waals surface area contributed by atoms with Gasteiger partial charge in [-0.15, -0.1) is 0 Å². The van der Waals surface area contributed by atoms with Gasteiger partial charge in [0.2, 0.25) is 0 Å². The predicted molar refractivity (Wildman–Crippen MR) is 97.7 cm³/mol. The van der Waals surface area contributed by atoms with Crippen molar-refractivity contribution >= 4 is 5.91 Å². The highest BCUT2D eigenvalue weighted by Gasteiger charge is 2.38. The molecular formula is C19H24F2N4O2. The average Bonchev–Trinajstić information content (AvgIpc) is 3.17. The quantitative estimate of drug-likeness (QED) is 0.868. The minimum absolute atomic E-state index is 0.142. The van der Waals surface area contributed by atoms with E-state index in [0.29, 0.717) is 47.6 Å². The number of amides is 1. The number of aryl methyl sites for hydroxylation is 1. The van der Waals surface area contributed by atoms with Gasteiger partial charge in [0.25, 0.3) is 5.91 Å². The number of aliphatic hydroxyl groups is 1. The molecule has 1 atom stereocenters. The Balaban J connectivity index is 1.73. The summed E-state index contributed by atoms with van der Waals surface area (Å²) in [5.74, 6) is -0.142. The van der Waals surface area contributed by atoms with E-state index in [9.17, 15) is 18.7 Å². The standard InChI is InChI=1S/C19H24F2N4O2/c1-13-16(10-25(22-13)18(20)21)14-4-6-15(7-5-14)17(26)24-9-8-19(27,12-24)11-23(2)3/h4-7,10,18,27H,8-9,11-12H2,1-3H3/t19-/m0/s1. The average molecular weight is 378 g/mol. The molecular weight excluding hydrogens is 354 g/mol. The minimum Gasteiger partial charge on any atom is -0.387 e. The smallest absolute Gasteiger partial charge is 0.333 e. The molecule has 1 aromatic heterocycles. The Morgan fingerprint density at radius 3 is 2.56 bits per heavy atom. The van der Waals surface area contributed by atoms with E-state index in [1.165, 1.54) is 6.20 Å². The summed E-state index contributed by atoms with van der Waals surface area (Å²) >= 11 is 0. The van der Waals surface area contributed by atoms with Crippen molar-refractivity contribution in [2.24, 2.45) is 0 Å². The summed E-state index contributed by atoms with van der Waals surface area (Å²) in [4.78, 5) is 16.3. The summed E-state index contributed by atoms with van der Waals surface area (Å²) in [5, 5.41) is 14.4. The van der Waals surface area contributed by atoms with Gasteiger partial charge in [-0.25, -0.2) is 4.68 Å². The number of aromatic nitrogens is 2. The van der Waals surface area contributed by atoms with Gasteiger partial charge in [0, 0.05) is 30.4 Å². The molecule has 3 rings (SSSR count). The molecule has 1 saturated heterocycles. The van der Waals surface area contributed by atoms with Gasteiger partial charge in [-0.3, -0.25) is 4.79 Å². The third-order valence-electron chi connectivity index (χ3n) is 4.79. The van der Waals surface area contributed by atoms with Crippen molar-refractivity contribution in [3.05, 3.63) is 41.7 Å². The maximum absolute atomic E-state index is 12.8. The third-order valence-corrected chi connectivity index (χ3v) is 4.79. The van der Waals surface area contributed by atoms with Crippen molar-refractivity contribution in [1.82, 2.24) is 19.6 Å². The number of hydrogen-bond donors (Lipinski definition) is 1. The van der Waals surface area contributed by atoms with Gasteiger partial charge in [0.15, 0.2) is 0 Å². The molecule has 8 heteroatoms. The zero-order valence-corrected chi connectivity index (χ0v) is 15.7. The van der Waals surface area contributed by atoms with E-state index in [1.807, 2.05) is 19.0 Å². The van der Waals surface area contributed by atoms with Crippen LogP contribution in [0.1, 0.15) is 29.0 Å². The van der Waals surface area contributed by atoms with Crippen molar-refractivity contribution in [3.8, 4) is 11.1 Å². The van der Waals surface area contributed by atoms with Crippen LogP contribution in [0.5, 0.6) is 0 Å². The van der Waals surface area contributed by atoms with E-state index in [2.05, 4.69) is 5.10 Å². The van der Waals surface area contributed by atoms with Crippen LogP contribution in [0.25, 0.3) is 11.1 Å². The highest BCUT2D eigenvalue weighted by molar-refractivity contribution is 5.95. The number of rotatable bonds is 5. The fraction of sp³-hybridized carbons (Fsp3) is 0.474. The van der Waals surface area contributed by atoms with Crippen LogP contribution in [-0.2, 0) is 0 Å². The van der Waals surface area contributed by atoms with Crippen molar-refractivity contribution in [2.45, 2.75) is 25.5 Å². The molecule has 0 saturated carbocycles. The molecule has 0 bridgehead atoms. The molecule has 0 radical (unpaired) electrons. The lowest BCUT2D eigenvalue weighted by Crippen LogP contribution is -2.43. The van der Waals surface area contributed by atoms with E-state index < -0.39 is 12.2 Å². The van der Waals surface area contributed by atoms with Crippen LogP contribution in [0.4, 0.5) is 8.78 Å². The Kier molecular flexibility index (Phi) is 5.30. The third kappa shape index (κ3) is 4.17. The maximum Gasteiger partial charge on any atom is 0.333 e. The summed E-state index contributed by atoms with van der Waals surface area (Å²) in [6.45, 7) is 0.290. The molecule has 2 heterocycles. The fourth-order valence-electron chi connectivity index (χ4n) is 3.59. The Morgan fingerprint density at radius 1 is 1.33 bits per heavy atom. The molecule has 1 fully saturated rings. The molecule has 1 amide bonds. The number of alkyl halides is 2. The normalized spacial score (nSPS) is 20.1. The van der Waals surface area contributed by atoms with Crippen molar-refractivity contribution in [1.29, 1.82) is 0 Å². The molecule has 1 aliphatic heterocycles. The maximum atomic E-state index is 12.8. The molecule has 146 valence electrons. The molecule has 1 aromatic carbocycles. The van der Waals surface area contributed by atoms with E-state index in [0.717, 1.165) is 5.56 Å². The zero-order chi connectivity index (χ0) is 19.8. The fourth-order valence-corrected chi connectivity index (χ4v) is 3.59. The first-order valence-electron chi connectivity index (χ1n) is 8.79. The molecule has 6 nitrogen and oxygen atoms in total. The van der Waals surface area contributed by atoms with Crippen LogP contribution >= 0.6 is 0 Å². The number of likely N-dealkylation sites (N-methyl/N-ethyl adjacent to an activating group) is 1. The number of halogens is 2. The van der Waals surface area contributed by atoms with Gasteiger partial charge in [-0.05, 0) is 45.1 Å². The van der Waals surface area contributed by atoms with Gasteiger partial charge in [-0.2, -0.15) is 13.9 Å². The lowest BCUT2D eigenvalue weighted by atomic mass is 10.0. The summed E-state index contributed by atoms with van der Waals surface area (Å²) in [6, 6.07) is 6.82. The molecule has 0 unspecified atom stereocenters. The number of hydrogen-bond acceptors (Lipinski definition) is 4. The van der Waals surface area contributed by atoms with E-state index in [4.69, 9.17) is 0 Å². The van der Waals surface area contributed by atoms with Crippen LogP contribution in [0.15, 0.2) is 30.5 Å². The SMILES string of the molecule is Cc1nn(C(F)F)cc1-c1ccc(C(=O)N2CC[C@](O)(CN(C)C)C2)cc1. The van der Waals surface area contributed by atoms with Crippen LogP contribution in [0.3, 0.4) is 0 Å². The van der Waals surface area contributed by atoms with Gasteiger partial charge < -0.3 is 14.9 Å². The highest BCUT2D eigenvalue weighted by Crippen LogP contribution is 2.27. The minimum atomic E-state index is -2.69. The number of nitrogens with zero attached hydrogens (tertiary/aromatic N) is 4. The van der Waals surface area contributed by atoms with Crippen molar-refractivity contribution < 1.29 is 18.7 Å². The number of carbonyl (C=O) groups is 1. The molecule has 2 aromatic rings. The second-order valence-corrected chi connectivity index (χ2v) is 7.40. The monoisotopic (exact) mass is 378 g/mol. The Morgan fingerprint density at radius 2 is 2.00 bits per heavy atom. The van der Waals surface area contributed by atoms with Gasteiger partial charge in [0.1, 0.15) is 0 Å². The number of β-amino-alcohol motifs (C(OH)–C–C–N with tert-alkyl or cyclic N) is 1. The Bertz CT molecular complexity index is 820. The molecule has 27 heavy (non-hydrogen) atoms. The molecule has 0 spiro atoms. The summed E-state index contributed by atoms with van der Waals surface area (Å²) in [7, 11) is 3.78. The van der Waals surface area contributed by atoms with Crippen molar-refractivity contribution in [2.75, 3.05) is 33.7 Å². The molecule has 1 N–H and O–H groups in total. The van der Waals surface area contributed by atoms with Crippen molar-refractivity contribution in [3.63, 3.8) is 0 Å². The van der Waals surface area contributed by atoms with Gasteiger partial charge >= 0.3 is 6.55 Å². The summed E-state index contributed by atoms with van der Waals surface area (Å²) in [6.07, 6.45) is 1.85. The first-order valence-corrected chi connectivity index (χ1v) is 8.79. The number of likely N-dealkylation sites (tertiary alicyclic amines) is 1. The predicted octanol–water partition coefficient (Wildman–Crippen LogP) is 2.39. The lowest BCUT2D eigenvalue weighted by Gasteiger charge is -2.26. The second-order valence-electron chi connectivity index (χ2n) is 7.40. The first kappa shape index (κ1) is 19.4. The first-order chi connectivity index (χ1) is 12.7. The topological polar surface area (TPSA) is 61.6 Å². The summed E-state index contributed by atoms with van der Waals surface area (Å²) < 4.78 is 26.2. The number of carbonyl (C=O) groups excluding carboxylic acids is 1. The zero-order valence-electron chi connectivity index (χ0n) is 15.7. The highest BCUT2D eigenvalue weighted by atomic mass is 19.3. The lowest BCUT2D eigenvalue weighted by molar-refractivity contribution is 0.0236. The summed E-state index contributed by atoms with van der Waals surface area (Å²) in [5.41, 5.74) is 1.45. The Hall–Kier alpha value is -2.32. The van der Waals surface area contributed by atoms with Crippen LogP contribution < -0.4 is 0 Å². The van der Waals surface area contributed by atoms with Crippen LogP contribution in [0, 0.1) is 6.92 Å². The number of benzene rings is 1. The largest absolute Gasteiger partial charge is 0.387 e. The molecule has 1 aliphatic rings. The van der Waals surface area contributed by atoms with Gasteiger partial charge in [-0.1, -0.05) is 12.1 Å². The van der Waals surface area contributed by atoms with E-state index in [1.54, 1.807) is 36.1 Å². The van der Waals surface area contributed by atoms with Crippen LogP contribution in [-0.4, -0.2) is 69.9 Å². The van der Waals surface area contributed by atoms with Gasteiger partial charge in [0.05, 0.1) is 17.8 Å². The Labute approximate surface area is 157 Å². The van der Waals surface area contributed by atoms with E-state index in [-0.39, 0.29) is 5.91 Å². The van der Waals surface area contributed by atoms with E-state index >= 15 is 0 Å². The second kappa shape index (κ2) is 7.36. The van der Waals surface area contributed by atoms with Crippen LogP contribution in [0.2, 0.25) is 0 Å².